The van der Waals surface area contributed by atoms with Crippen LogP contribution < -0.4 is 34.9 Å². The molecule has 246 valence electrons. The summed E-state index contributed by atoms with van der Waals surface area (Å²) in [4.78, 5) is 71.4. The number of para-hydroxylation sites is 1. The first-order valence-corrected chi connectivity index (χ1v) is 16.5. The molecule has 4 amide bonds. The minimum Gasteiger partial charge on any atom is -0.333 e. The summed E-state index contributed by atoms with van der Waals surface area (Å²) in [7, 11) is -2.90. The van der Waals surface area contributed by atoms with Gasteiger partial charge in [0.25, 0.3) is 0 Å². The Balaban J connectivity index is 0.000000808. The van der Waals surface area contributed by atoms with E-state index in [1.165, 1.54) is 0 Å². The van der Waals surface area contributed by atoms with E-state index >= 15 is 0 Å². The zero-order valence-corrected chi connectivity index (χ0v) is 29.8. The van der Waals surface area contributed by atoms with Crippen LogP contribution in [-0.4, -0.2) is 89.2 Å². The molecule has 0 bridgehead atoms. The van der Waals surface area contributed by atoms with Crippen LogP contribution >= 0.6 is 7.82 Å². The van der Waals surface area contributed by atoms with Gasteiger partial charge in [-0.1, -0.05) is 54.6 Å². The standard InChI is InChI=1S/C33H33N6O3.Na.H3O4P/c1-23-31-38(29(40)22-36(2)39(31)33(42)35-20-25-13-7-4-8-14-25)28(19-24-11-5-3-6-12-24)32(41)37(23)21-27-16-9-15-26-17-10-18-34-30(26)27;;1-5(2,3)4/h4-18,23,28,31H,19-22H2,1-2H3,(H,35,42);;(H3,1,2,3,4)/q-1;+1;/t23-,28-,31?;;/m0../s1. The summed E-state index contributed by atoms with van der Waals surface area (Å²) in [6.45, 7) is 2.54. The van der Waals surface area contributed by atoms with Crippen LogP contribution in [0.25, 0.3) is 10.9 Å². The number of phosphoric acid groups is 1. The van der Waals surface area contributed by atoms with Crippen molar-refractivity contribution in [2.45, 2.75) is 44.7 Å². The van der Waals surface area contributed by atoms with Crippen LogP contribution in [-0.2, 0) is 33.7 Å². The smallest absolute Gasteiger partial charge is 0.333 e. The number of rotatable bonds is 6. The van der Waals surface area contributed by atoms with Crippen LogP contribution in [0, 0.1) is 6.07 Å². The van der Waals surface area contributed by atoms with Gasteiger partial charge in [0.15, 0.2) is 0 Å². The molecule has 1 aromatic heterocycles. The molecule has 2 saturated heterocycles. The van der Waals surface area contributed by atoms with E-state index in [0.717, 1.165) is 27.6 Å². The van der Waals surface area contributed by atoms with Gasteiger partial charge in [-0.3, -0.25) is 14.6 Å². The van der Waals surface area contributed by atoms with E-state index in [1.54, 1.807) is 45.2 Å². The first-order valence-electron chi connectivity index (χ1n) is 14.9. The van der Waals surface area contributed by atoms with Crippen molar-refractivity contribution < 1.29 is 63.2 Å². The van der Waals surface area contributed by atoms with Gasteiger partial charge in [0, 0.05) is 31.7 Å². The minimum absolute atomic E-state index is 0. The molecule has 15 heteroatoms. The van der Waals surface area contributed by atoms with Gasteiger partial charge in [-0.2, -0.15) is 35.9 Å². The average Bonchev–Trinajstić information content (AvgIpc) is 3.04. The summed E-state index contributed by atoms with van der Waals surface area (Å²) in [5.74, 6) is -0.337. The number of hydrogen-bond acceptors (Lipinski definition) is 6. The molecule has 0 radical (unpaired) electrons. The van der Waals surface area contributed by atoms with Crippen molar-refractivity contribution in [2.75, 3.05) is 13.6 Å². The number of piperazine rings is 1. The van der Waals surface area contributed by atoms with Gasteiger partial charge in [0.05, 0.1) is 18.1 Å². The van der Waals surface area contributed by atoms with Crippen molar-refractivity contribution in [3.8, 4) is 0 Å². The Kier molecular flexibility index (Phi) is 12.5. The van der Waals surface area contributed by atoms with Crippen LogP contribution in [0.15, 0.2) is 91.1 Å². The average molecular weight is 683 g/mol. The summed E-state index contributed by atoms with van der Waals surface area (Å²) < 4.78 is 8.88. The molecular weight excluding hydrogens is 646 g/mol. The van der Waals surface area contributed by atoms with Crippen molar-refractivity contribution in [2.24, 2.45) is 0 Å². The van der Waals surface area contributed by atoms with Crippen molar-refractivity contribution >= 4 is 36.6 Å². The fraction of sp³-hybridized carbons (Fsp3) is 0.273. The summed E-state index contributed by atoms with van der Waals surface area (Å²) in [5, 5.41) is 7.26. The van der Waals surface area contributed by atoms with Gasteiger partial charge in [-0.05, 0) is 30.5 Å². The second-order valence-electron chi connectivity index (χ2n) is 11.4. The number of amides is 4. The Bertz CT molecular complexity index is 1770. The zero-order chi connectivity index (χ0) is 33.7. The normalized spacial score (nSPS) is 19.6. The molecule has 3 atom stereocenters. The predicted octanol–water partition coefficient (Wildman–Crippen LogP) is -0.321. The monoisotopic (exact) mass is 682 g/mol. The van der Waals surface area contributed by atoms with Gasteiger partial charge >= 0.3 is 43.4 Å². The van der Waals surface area contributed by atoms with Crippen molar-refractivity contribution in [3.63, 3.8) is 0 Å². The number of pyridine rings is 1. The van der Waals surface area contributed by atoms with E-state index in [1.807, 2.05) is 79.7 Å². The van der Waals surface area contributed by atoms with Crippen LogP contribution in [0.1, 0.15) is 23.6 Å². The molecule has 3 heterocycles. The molecule has 48 heavy (non-hydrogen) atoms. The molecule has 4 aromatic rings. The van der Waals surface area contributed by atoms with Crippen molar-refractivity contribution in [1.82, 2.24) is 30.1 Å². The number of benzene rings is 3. The summed E-state index contributed by atoms with van der Waals surface area (Å²) in [6.07, 6.45) is 1.38. The maximum atomic E-state index is 14.3. The molecule has 1 unspecified atom stereocenters. The Morgan fingerprint density at radius 1 is 0.979 bits per heavy atom. The Labute approximate surface area is 300 Å². The summed E-state index contributed by atoms with van der Waals surface area (Å²) in [6, 6.07) is 28.3. The Hall–Kier alpha value is -3.65. The van der Waals surface area contributed by atoms with Gasteiger partial charge < -0.3 is 29.8 Å². The first-order chi connectivity index (χ1) is 22.4. The quantitative estimate of drug-likeness (QED) is 0.121. The number of carbonyl (C=O) groups is 3. The SMILES string of the molecule is C[C@H]1C2N(C(=O)CN(C)N2C(=O)NCc2ccccc2)[C@@H](Cc2cc[c-]cc2)C(=O)N1Cc1cccc2cccnc12.O=P(O)(O)O.[Na+]. The van der Waals surface area contributed by atoms with E-state index in [2.05, 4.69) is 16.4 Å². The molecule has 0 spiro atoms. The summed E-state index contributed by atoms with van der Waals surface area (Å²) in [5.41, 5.74) is 3.62. The van der Waals surface area contributed by atoms with E-state index in [9.17, 15) is 14.4 Å². The van der Waals surface area contributed by atoms with Crippen molar-refractivity contribution in [1.29, 1.82) is 0 Å². The molecule has 3 aromatic carbocycles. The van der Waals surface area contributed by atoms with Crippen LogP contribution in [0.4, 0.5) is 4.79 Å². The minimum atomic E-state index is -4.64. The molecule has 6 rings (SSSR count). The Morgan fingerprint density at radius 3 is 2.33 bits per heavy atom. The maximum absolute atomic E-state index is 14.3. The fourth-order valence-electron chi connectivity index (χ4n) is 6.08. The second-order valence-corrected chi connectivity index (χ2v) is 12.4. The number of urea groups is 1. The van der Waals surface area contributed by atoms with Gasteiger partial charge in [-0.15, -0.1) is 0 Å². The number of hydrazine groups is 1. The third-order valence-electron chi connectivity index (χ3n) is 8.15. The largest absolute Gasteiger partial charge is 1.00 e. The van der Waals surface area contributed by atoms with Gasteiger partial charge in [-0.25, -0.2) is 19.4 Å². The molecule has 0 saturated carbocycles. The zero-order valence-electron chi connectivity index (χ0n) is 26.9. The number of nitrogens with zero attached hydrogens (tertiary/aromatic N) is 5. The molecule has 2 aliphatic heterocycles. The molecule has 4 N–H and O–H groups in total. The molecule has 2 fully saturated rings. The third-order valence-corrected chi connectivity index (χ3v) is 8.15. The fourth-order valence-corrected chi connectivity index (χ4v) is 6.08. The van der Waals surface area contributed by atoms with E-state index < -0.39 is 26.1 Å². The number of aromatic nitrogens is 1. The third kappa shape index (κ3) is 8.87. The topological polar surface area (TPSA) is 167 Å². The van der Waals surface area contributed by atoms with E-state index in [4.69, 9.17) is 19.2 Å². The Morgan fingerprint density at radius 2 is 1.65 bits per heavy atom. The molecular formula is C33H36N6NaO7P. The van der Waals surface area contributed by atoms with Gasteiger partial charge in [0.1, 0.15) is 12.2 Å². The molecule has 0 aliphatic carbocycles. The molecule has 13 nitrogen and oxygen atoms in total. The first kappa shape index (κ1) is 37.2. The van der Waals surface area contributed by atoms with Crippen LogP contribution in [0.2, 0.25) is 0 Å². The number of fused-ring (bicyclic) bond motifs is 2. The van der Waals surface area contributed by atoms with Crippen LogP contribution in [0.3, 0.4) is 0 Å². The maximum Gasteiger partial charge on any atom is 1.00 e. The number of carbonyl (C=O) groups excluding carboxylic acids is 3. The second kappa shape index (κ2) is 16.2. The van der Waals surface area contributed by atoms with E-state index in [0.29, 0.717) is 19.5 Å². The predicted molar refractivity (Wildman–Crippen MR) is 173 cm³/mol. The van der Waals surface area contributed by atoms with Gasteiger partial charge in [0.2, 0.25) is 11.8 Å². The summed E-state index contributed by atoms with van der Waals surface area (Å²) >= 11 is 0. The van der Waals surface area contributed by atoms with E-state index in [-0.39, 0.29) is 53.9 Å². The molecule has 2 aliphatic rings. The number of nitrogens with one attached hydrogen (secondary N) is 1. The number of likely N-dealkylation sites (N-methyl/N-ethyl adjacent to an activating group) is 1. The van der Waals surface area contributed by atoms with Crippen LogP contribution in [0.5, 0.6) is 0 Å². The number of hydrogen-bond donors (Lipinski definition) is 4. The van der Waals surface area contributed by atoms with Crippen molar-refractivity contribution in [3.05, 3.63) is 114 Å².